The fourth-order valence-corrected chi connectivity index (χ4v) is 10.7. The summed E-state index contributed by atoms with van der Waals surface area (Å²) in [5, 5.41) is 0. The first-order valence-corrected chi connectivity index (χ1v) is 37.7. The number of phosphoric ester groups is 1. The third-order valence-corrected chi connectivity index (χ3v) is 16.4. The summed E-state index contributed by atoms with van der Waals surface area (Å²) in [6.45, 7) is 4.04. The molecule has 0 aromatic carbocycles. The van der Waals surface area contributed by atoms with Gasteiger partial charge in [-0.05, 0) is 103 Å². The number of allylic oxidation sites excluding steroid dienone is 20. The molecule has 0 bridgehead atoms. The molecule has 506 valence electrons. The zero-order chi connectivity index (χ0) is 64.1. The summed E-state index contributed by atoms with van der Waals surface area (Å²) >= 11 is 0. The van der Waals surface area contributed by atoms with Gasteiger partial charge in [-0.25, -0.2) is 0 Å². The molecule has 10 heteroatoms. The largest absolute Gasteiger partial charge is 0.756 e. The maximum atomic E-state index is 12.9. The highest BCUT2D eigenvalue weighted by Gasteiger charge is 2.22. The zero-order valence-corrected chi connectivity index (χ0v) is 58.5. The fourth-order valence-electron chi connectivity index (χ4n) is 10.0. The second-order valence-corrected chi connectivity index (χ2v) is 26.6. The van der Waals surface area contributed by atoms with Crippen molar-refractivity contribution < 1.29 is 42.1 Å². The van der Waals surface area contributed by atoms with Crippen molar-refractivity contribution in [2.45, 2.75) is 315 Å². The van der Waals surface area contributed by atoms with Crippen molar-refractivity contribution in [3.05, 3.63) is 122 Å². The first kappa shape index (κ1) is 84.4. The van der Waals surface area contributed by atoms with Crippen molar-refractivity contribution in [3.63, 3.8) is 0 Å². The van der Waals surface area contributed by atoms with Crippen LogP contribution in [0.25, 0.3) is 0 Å². The maximum Gasteiger partial charge on any atom is 0.306 e. The first-order chi connectivity index (χ1) is 43.0. The van der Waals surface area contributed by atoms with Crippen LogP contribution in [-0.2, 0) is 32.7 Å². The number of quaternary nitrogens is 1. The Labute approximate surface area is 543 Å². The topological polar surface area (TPSA) is 111 Å². The normalized spacial score (nSPS) is 13.8. The lowest BCUT2D eigenvalue weighted by Gasteiger charge is -2.28. The number of likely N-dealkylation sites (N-methyl/N-ethyl adjacent to an activating group) is 1. The van der Waals surface area contributed by atoms with E-state index in [1.54, 1.807) is 0 Å². The molecular weight excluding hydrogens is 1110 g/mol. The van der Waals surface area contributed by atoms with Gasteiger partial charge in [0.05, 0.1) is 27.7 Å². The van der Waals surface area contributed by atoms with Gasteiger partial charge in [0.2, 0.25) is 0 Å². The van der Waals surface area contributed by atoms with Gasteiger partial charge < -0.3 is 27.9 Å². The lowest BCUT2D eigenvalue weighted by molar-refractivity contribution is -0.870. The molecule has 0 aliphatic carbocycles. The van der Waals surface area contributed by atoms with Gasteiger partial charge >= 0.3 is 11.9 Å². The Morgan fingerprint density at radius 2 is 0.614 bits per heavy atom. The molecule has 0 N–H and O–H groups in total. The lowest BCUT2D eigenvalue weighted by Crippen LogP contribution is -2.37. The van der Waals surface area contributed by atoms with E-state index in [4.69, 9.17) is 18.5 Å². The minimum absolute atomic E-state index is 0.0337. The molecule has 9 nitrogen and oxygen atoms in total. The summed E-state index contributed by atoms with van der Waals surface area (Å²) in [6, 6.07) is 0. The van der Waals surface area contributed by atoms with Gasteiger partial charge in [0, 0.05) is 12.8 Å². The van der Waals surface area contributed by atoms with Crippen LogP contribution in [-0.4, -0.2) is 70.0 Å². The third-order valence-electron chi connectivity index (χ3n) is 15.5. The van der Waals surface area contributed by atoms with E-state index in [1.807, 2.05) is 21.1 Å². The van der Waals surface area contributed by atoms with Gasteiger partial charge in [-0.1, -0.05) is 315 Å². The maximum absolute atomic E-state index is 12.9. The molecule has 0 aliphatic heterocycles. The van der Waals surface area contributed by atoms with Crippen LogP contribution in [0, 0.1) is 0 Å². The van der Waals surface area contributed by atoms with E-state index in [1.165, 1.54) is 173 Å². The highest BCUT2D eigenvalue weighted by atomic mass is 31.2. The van der Waals surface area contributed by atoms with Crippen molar-refractivity contribution >= 4 is 19.8 Å². The number of hydrogen-bond donors (Lipinski definition) is 0. The summed E-state index contributed by atoms with van der Waals surface area (Å²) in [5.74, 6) is -0.826. The van der Waals surface area contributed by atoms with Crippen LogP contribution in [0.2, 0.25) is 0 Å². The molecule has 2 unspecified atom stereocenters. The Morgan fingerprint density at radius 1 is 0.352 bits per heavy atom. The highest BCUT2D eigenvalue weighted by molar-refractivity contribution is 7.45. The molecule has 0 aromatic heterocycles. The smallest absolute Gasteiger partial charge is 0.306 e. The molecule has 0 aliphatic rings. The second kappa shape index (κ2) is 67.8. The van der Waals surface area contributed by atoms with Gasteiger partial charge in [-0.3, -0.25) is 14.2 Å². The predicted octanol–water partition coefficient (Wildman–Crippen LogP) is 23.2. The number of unbranched alkanes of at least 4 members (excludes halogenated alkanes) is 32. The van der Waals surface area contributed by atoms with E-state index >= 15 is 0 Å². The van der Waals surface area contributed by atoms with Crippen LogP contribution in [0.5, 0.6) is 0 Å². The van der Waals surface area contributed by atoms with Gasteiger partial charge in [0.1, 0.15) is 19.8 Å². The molecule has 0 fully saturated rings. The van der Waals surface area contributed by atoms with E-state index in [9.17, 15) is 19.0 Å². The highest BCUT2D eigenvalue weighted by Crippen LogP contribution is 2.38. The number of ether oxygens (including phenoxy) is 2. The molecule has 0 amide bonds. The van der Waals surface area contributed by atoms with Crippen molar-refractivity contribution in [2.24, 2.45) is 0 Å². The molecule has 0 aromatic rings. The minimum atomic E-state index is -4.65. The quantitative estimate of drug-likeness (QED) is 0.0195. The summed E-state index contributed by atoms with van der Waals surface area (Å²) < 4.78 is 34.4. The summed E-state index contributed by atoms with van der Waals surface area (Å²) in [4.78, 5) is 38.1. The van der Waals surface area contributed by atoms with Gasteiger partial charge in [-0.15, -0.1) is 0 Å². The minimum Gasteiger partial charge on any atom is -0.756 e. The van der Waals surface area contributed by atoms with Gasteiger partial charge in [0.25, 0.3) is 7.82 Å². The molecule has 0 rings (SSSR count). The number of nitrogens with zero attached hydrogens (tertiary/aromatic N) is 1. The zero-order valence-electron chi connectivity index (χ0n) is 57.6. The lowest BCUT2D eigenvalue weighted by atomic mass is 10.0. The third kappa shape index (κ3) is 71.5. The Bertz CT molecular complexity index is 1900. The first-order valence-electron chi connectivity index (χ1n) is 36.2. The number of carbonyl (C=O) groups is 2. The predicted molar refractivity (Wildman–Crippen MR) is 378 cm³/mol. The number of hydrogen-bond acceptors (Lipinski definition) is 8. The van der Waals surface area contributed by atoms with Crippen molar-refractivity contribution in [3.8, 4) is 0 Å². The standard InChI is InChI=1S/C78H136NO8P/c1-6-8-10-12-14-16-18-20-22-24-26-28-30-32-34-36-37-38-39-40-41-43-45-47-49-51-53-55-57-59-61-63-65-67-69-71-78(81)87-76(75-86-88(82,83)85-73-72-79(3,4)5)74-84-77(80)70-68-66-64-62-60-58-56-54-52-50-48-46-44-42-35-33-31-29-27-25-23-21-19-17-15-13-11-9-7-2/h8-11,14-17,20-23,26-29,32,34,37-38,76H,6-7,12-13,18-19,24-25,30-31,33,35-36,39-75H2,1-5H3/b10-8-,11-9-,16-14-,17-15-,22-20-,23-21-,28-26-,29-27-,34-32-,38-37-. The summed E-state index contributed by atoms with van der Waals surface area (Å²) in [6.07, 6.45) is 97.1. The number of carbonyl (C=O) groups excluding carboxylic acids is 2. The molecular formula is C78H136NO8P. The van der Waals surface area contributed by atoms with Crippen molar-refractivity contribution in [2.75, 3.05) is 47.5 Å². The molecule has 0 radical (unpaired) electrons. The van der Waals surface area contributed by atoms with Gasteiger partial charge in [0.15, 0.2) is 6.10 Å². The average molecular weight is 1250 g/mol. The van der Waals surface area contributed by atoms with Crippen LogP contribution in [0.3, 0.4) is 0 Å². The summed E-state index contributed by atoms with van der Waals surface area (Å²) in [5.41, 5.74) is 0. The van der Waals surface area contributed by atoms with Crippen molar-refractivity contribution in [1.29, 1.82) is 0 Å². The Balaban J connectivity index is 4.02. The Kier molecular flexibility index (Phi) is 65.0. The SMILES string of the molecule is CC/C=C\C/C=C\C/C=C\C/C=C\C/C=C\C/C=C\CCCCCCCCCCCCCCCCCCC(=O)OC(COC(=O)CCCCCCCCCCCCCCCCCC/C=C\C/C=C\C/C=C\C/C=C\CC)COP(=O)([O-])OCC[N+](C)(C)C. The Morgan fingerprint density at radius 3 is 0.909 bits per heavy atom. The molecule has 0 heterocycles. The Hall–Kier alpha value is -3.59. The molecule has 0 saturated heterocycles. The number of esters is 2. The summed E-state index contributed by atoms with van der Waals surface area (Å²) in [7, 11) is 1.17. The number of phosphoric acid groups is 1. The van der Waals surface area contributed by atoms with Crippen LogP contribution >= 0.6 is 7.82 Å². The van der Waals surface area contributed by atoms with Crippen LogP contribution in [0.4, 0.5) is 0 Å². The van der Waals surface area contributed by atoms with Crippen molar-refractivity contribution in [1.82, 2.24) is 0 Å². The second-order valence-electron chi connectivity index (χ2n) is 25.2. The molecule has 0 spiro atoms. The van der Waals surface area contributed by atoms with E-state index in [0.29, 0.717) is 17.4 Å². The molecule has 2 atom stereocenters. The van der Waals surface area contributed by atoms with Crippen LogP contribution in [0.15, 0.2) is 122 Å². The molecule has 0 saturated carbocycles. The molecule has 88 heavy (non-hydrogen) atoms. The van der Waals surface area contributed by atoms with Gasteiger partial charge in [-0.2, -0.15) is 0 Å². The van der Waals surface area contributed by atoms with Crippen LogP contribution in [0.1, 0.15) is 309 Å². The van der Waals surface area contributed by atoms with E-state index in [2.05, 4.69) is 135 Å². The van der Waals surface area contributed by atoms with E-state index < -0.39 is 26.5 Å². The van der Waals surface area contributed by atoms with E-state index in [-0.39, 0.29) is 32.0 Å². The van der Waals surface area contributed by atoms with E-state index in [0.717, 1.165) is 103 Å². The number of rotatable bonds is 66. The average Bonchev–Trinajstić information content (AvgIpc) is 3.57. The monoisotopic (exact) mass is 1250 g/mol. The van der Waals surface area contributed by atoms with Crippen LogP contribution < -0.4 is 4.89 Å². The fraction of sp³-hybridized carbons (Fsp3) is 0.718.